The third kappa shape index (κ3) is 7.56. The minimum atomic E-state index is -0.863. The molecule has 4 rings (SSSR count). The van der Waals surface area contributed by atoms with Crippen molar-refractivity contribution in [3.63, 3.8) is 0 Å². The largest absolute Gasteiger partial charge is 0.493 e. The molecule has 0 saturated carbocycles. The second-order valence-corrected chi connectivity index (χ2v) is 11.4. The van der Waals surface area contributed by atoms with E-state index in [0.29, 0.717) is 62.7 Å². The van der Waals surface area contributed by atoms with E-state index < -0.39 is 18.0 Å². The number of hydrogen-bond donors (Lipinski definition) is 0. The van der Waals surface area contributed by atoms with Crippen LogP contribution in [0.25, 0.3) is 6.08 Å². The third-order valence-corrected chi connectivity index (χ3v) is 7.71. The second-order valence-electron chi connectivity index (χ2n) is 10.4. The molecular weight excluding hydrogens is 600 g/mol. The number of hydrogen-bond acceptors (Lipinski definition) is 11. The van der Waals surface area contributed by atoms with Crippen LogP contribution in [0.4, 0.5) is 0 Å². The van der Waals surface area contributed by atoms with Gasteiger partial charge in [-0.2, -0.15) is 0 Å². The van der Waals surface area contributed by atoms with Crippen molar-refractivity contribution >= 4 is 29.4 Å². The molecule has 1 aliphatic heterocycles. The van der Waals surface area contributed by atoms with Gasteiger partial charge in [0, 0.05) is 0 Å². The number of benzene rings is 2. The topological polar surface area (TPSA) is 124 Å². The second kappa shape index (κ2) is 14.9. The molecule has 0 unspecified atom stereocenters. The number of fused-ring (bicyclic) bond motifs is 1. The minimum absolute atomic E-state index is 0.149. The predicted molar refractivity (Wildman–Crippen MR) is 169 cm³/mol. The summed E-state index contributed by atoms with van der Waals surface area (Å²) in [6.45, 7) is 10.1. The lowest BCUT2D eigenvalue weighted by Crippen LogP contribution is -2.40. The molecule has 0 fully saturated rings. The molecule has 0 saturated heterocycles. The van der Waals surface area contributed by atoms with Gasteiger partial charge in [0.15, 0.2) is 34.4 Å². The molecule has 1 aliphatic rings. The van der Waals surface area contributed by atoms with Crippen molar-refractivity contribution in [1.82, 2.24) is 4.57 Å². The van der Waals surface area contributed by atoms with Crippen molar-refractivity contribution in [3.8, 4) is 23.0 Å². The van der Waals surface area contributed by atoms with Gasteiger partial charge in [0.05, 0.1) is 55.9 Å². The van der Waals surface area contributed by atoms with E-state index in [9.17, 15) is 14.4 Å². The Morgan fingerprint density at radius 1 is 0.978 bits per heavy atom. The fourth-order valence-corrected chi connectivity index (χ4v) is 5.73. The normalized spacial score (nSPS) is 14.5. The predicted octanol–water partition coefficient (Wildman–Crippen LogP) is 3.79. The van der Waals surface area contributed by atoms with Crippen LogP contribution in [0.1, 0.15) is 51.8 Å². The Hall–Kier alpha value is -4.58. The Morgan fingerprint density at radius 3 is 2.38 bits per heavy atom. The molecular formula is C33H38N2O9S. The van der Waals surface area contributed by atoms with E-state index >= 15 is 0 Å². The van der Waals surface area contributed by atoms with Gasteiger partial charge in [-0.15, -0.1) is 0 Å². The molecule has 2 aromatic carbocycles. The zero-order chi connectivity index (χ0) is 32.7. The van der Waals surface area contributed by atoms with Crippen LogP contribution in [-0.4, -0.2) is 57.2 Å². The van der Waals surface area contributed by atoms with Crippen molar-refractivity contribution in [1.29, 1.82) is 0 Å². The molecule has 45 heavy (non-hydrogen) atoms. The number of carbonyl (C=O) groups excluding carboxylic acids is 2. The highest BCUT2D eigenvalue weighted by molar-refractivity contribution is 7.07. The summed E-state index contributed by atoms with van der Waals surface area (Å²) in [6, 6.07) is 9.65. The summed E-state index contributed by atoms with van der Waals surface area (Å²) in [5.41, 5.74) is 1.64. The first-order chi connectivity index (χ1) is 21.6. The summed E-state index contributed by atoms with van der Waals surface area (Å²) in [6.07, 6.45) is 1.76. The Morgan fingerprint density at radius 2 is 1.71 bits per heavy atom. The quantitative estimate of drug-likeness (QED) is 0.257. The van der Waals surface area contributed by atoms with Crippen LogP contribution in [0, 0.1) is 5.92 Å². The number of thiazole rings is 1. The van der Waals surface area contributed by atoms with E-state index in [1.54, 1.807) is 45.2 Å². The van der Waals surface area contributed by atoms with Crippen LogP contribution in [-0.2, 0) is 19.1 Å². The number of rotatable bonds is 13. The average Bonchev–Trinajstić information content (AvgIpc) is 3.32. The van der Waals surface area contributed by atoms with Crippen molar-refractivity contribution < 1.29 is 38.0 Å². The first kappa shape index (κ1) is 33.3. The standard InChI is InChI=1S/C33H38N2O9S/c1-8-41-26-16-22(11-13-24(26)44-18-28(36)40-7)30-29(32(38)42-9-2)20(5)34-33-35(30)31(37)27(45-33)15-21-10-12-23(25(14-21)39-6)43-17-19(3)4/h10-16,19,30H,8-9,17-18H2,1-7H3/b27-15-/t30-/m1/s1. The van der Waals surface area contributed by atoms with Gasteiger partial charge in [-0.05, 0) is 68.2 Å². The van der Waals surface area contributed by atoms with E-state index in [-0.39, 0.29) is 24.3 Å². The number of esters is 2. The monoisotopic (exact) mass is 638 g/mol. The molecule has 0 N–H and O–H groups in total. The zero-order valence-electron chi connectivity index (χ0n) is 26.5. The van der Waals surface area contributed by atoms with Gasteiger partial charge >= 0.3 is 11.9 Å². The van der Waals surface area contributed by atoms with Crippen LogP contribution < -0.4 is 33.8 Å². The number of nitrogens with zero attached hydrogens (tertiary/aromatic N) is 2. The van der Waals surface area contributed by atoms with Crippen LogP contribution >= 0.6 is 11.3 Å². The smallest absolute Gasteiger partial charge is 0.343 e. The number of carbonyl (C=O) groups is 2. The van der Waals surface area contributed by atoms with Gasteiger partial charge in [-0.1, -0.05) is 37.3 Å². The summed E-state index contributed by atoms with van der Waals surface area (Å²) in [7, 11) is 2.84. The van der Waals surface area contributed by atoms with Crippen LogP contribution in [0.2, 0.25) is 0 Å². The zero-order valence-corrected chi connectivity index (χ0v) is 27.3. The average molecular weight is 639 g/mol. The van der Waals surface area contributed by atoms with Crippen LogP contribution in [0.3, 0.4) is 0 Å². The highest BCUT2D eigenvalue weighted by Crippen LogP contribution is 2.36. The maximum atomic E-state index is 14.1. The Bertz CT molecular complexity index is 1770. The van der Waals surface area contributed by atoms with Gasteiger partial charge in [-0.25, -0.2) is 14.6 Å². The molecule has 0 aliphatic carbocycles. The number of ether oxygens (including phenoxy) is 6. The molecule has 240 valence electrons. The molecule has 0 amide bonds. The number of aromatic nitrogens is 1. The van der Waals surface area contributed by atoms with E-state index in [2.05, 4.69) is 23.6 Å². The van der Waals surface area contributed by atoms with Crippen molar-refractivity contribution in [2.75, 3.05) is 40.6 Å². The maximum Gasteiger partial charge on any atom is 0.343 e. The number of allylic oxidation sites excluding steroid dienone is 1. The lowest BCUT2D eigenvalue weighted by Gasteiger charge is -2.25. The van der Waals surface area contributed by atoms with Gasteiger partial charge in [-0.3, -0.25) is 9.36 Å². The lowest BCUT2D eigenvalue weighted by atomic mass is 9.95. The fourth-order valence-electron chi connectivity index (χ4n) is 4.69. The van der Waals surface area contributed by atoms with E-state index in [0.717, 1.165) is 5.56 Å². The fraction of sp³-hybridized carbons (Fsp3) is 0.394. The summed E-state index contributed by atoms with van der Waals surface area (Å²) in [5.74, 6) is 1.03. The Kier molecular flexibility index (Phi) is 11.1. The molecule has 1 aromatic heterocycles. The Labute approximate surface area is 265 Å². The van der Waals surface area contributed by atoms with Gasteiger partial charge in [0.25, 0.3) is 5.56 Å². The van der Waals surface area contributed by atoms with Crippen molar-refractivity contribution in [2.24, 2.45) is 10.9 Å². The summed E-state index contributed by atoms with van der Waals surface area (Å²) in [5, 5.41) is 0. The molecule has 0 bridgehead atoms. The lowest BCUT2D eigenvalue weighted by molar-refractivity contribution is -0.143. The Balaban J connectivity index is 1.85. The van der Waals surface area contributed by atoms with E-state index in [4.69, 9.17) is 23.7 Å². The SMILES string of the molecule is CCOC(=O)C1=C(C)N=c2s/c(=C\c3ccc(OCC(C)C)c(OC)c3)c(=O)n2[C@@H]1c1ccc(OCC(=O)OC)c(OCC)c1. The molecule has 12 heteroatoms. The molecule has 1 atom stereocenters. The van der Waals surface area contributed by atoms with Crippen LogP contribution in [0.15, 0.2) is 57.5 Å². The summed E-state index contributed by atoms with van der Waals surface area (Å²) >= 11 is 1.21. The van der Waals surface area contributed by atoms with Gasteiger partial charge < -0.3 is 28.4 Å². The molecule has 0 radical (unpaired) electrons. The third-order valence-electron chi connectivity index (χ3n) is 6.73. The first-order valence-corrected chi connectivity index (χ1v) is 15.4. The molecule has 3 aromatic rings. The number of methoxy groups -OCH3 is 2. The van der Waals surface area contributed by atoms with E-state index in [1.807, 2.05) is 25.1 Å². The summed E-state index contributed by atoms with van der Waals surface area (Å²) in [4.78, 5) is 44.1. The maximum absolute atomic E-state index is 14.1. The van der Waals surface area contributed by atoms with Crippen LogP contribution in [0.5, 0.6) is 23.0 Å². The molecule has 0 spiro atoms. The van der Waals surface area contributed by atoms with Crippen molar-refractivity contribution in [3.05, 3.63) is 78.5 Å². The molecule has 2 heterocycles. The highest BCUT2D eigenvalue weighted by atomic mass is 32.1. The first-order valence-electron chi connectivity index (χ1n) is 14.6. The summed E-state index contributed by atoms with van der Waals surface area (Å²) < 4.78 is 34.9. The van der Waals surface area contributed by atoms with Gasteiger partial charge in [0.2, 0.25) is 0 Å². The van der Waals surface area contributed by atoms with Gasteiger partial charge in [0.1, 0.15) is 0 Å². The minimum Gasteiger partial charge on any atom is -0.493 e. The van der Waals surface area contributed by atoms with Crippen molar-refractivity contribution in [2.45, 2.75) is 40.7 Å². The highest BCUT2D eigenvalue weighted by Gasteiger charge is 2.34. The van der Waals surface area contributed by atoms with E-state index in [1.165, 1.54) is 23.0 Å². The molecule has 11 nitrogen and oxygen atoms in total.